The fourth-order valence-electron chi connectivity index (χ4n) is 2.27. The maximum atomic E-state index is 12.0. The van der Waals surface area contributed by atoms with Crippen molar-refractivity contribution in [2.75, 3.05) is 5.32 Å². The van der Waals surface area contributed by atoms with Crippen LogP contribution in [-0.4, -0.2) is 31.9 Å². The van der Waals surface area contributed by atoms with Crippen LogP contribution in [0.1, 0.15) is 37.5 Å². The molecule has 23 heavy (non-hydrogen) atoms. The van der Waals surface area contributed by atoms with Crippen LogP contribution in [0.4, 0.5) is 5.69 Å². The van der Waals surface area contributed by atoms with Gasteiger partial charge in [-0.05, 0) is 37.5 Å². The molecule has 0 spiro atoms. The Kier molecular flexibility index (Phi) is 5.50. The van der Waals surface area contributed by atoms with E-state index in [-0.39, 0.29) is 18.2 Å². The summed E-state index contributed by atoms with van der Waals surface area (Å²) >= 11 is 0. The molecule has 2 N–H and O–H groups in total. The first-order chi connectivity index (χ1) is 10.8. The number of nitrogens with zero attached hydrogens (tertiary/aromatic N) is 3. The minimum Gasteiger partial charge on any atom is -0.392 e. The monoisotopic (exact) mass is 316 g/mol. The maximum Gasteiger partial charge on any atom is 0.226 e. The van der Waals surface area contributed by atoms with E-state index in [1.165, 1.54) is 0 Å². The predicted molar refractivity (Wildman–Crippen MR) is 89.1 cm³/mol. The molecule has 124 valence electrons. The molecule has 0 bridgehead atoms. The van der Waals surface area contributed by atoms with E-state index in [1.807, 2.05) is 56.6 Å². The number of aliphatic hydroxyl groups excluding tert-OH is 1. The van der Waals surface area contributed by atoms with E-state index in [4.69, 9.17) is 0 Å². The molecular formula is C17H24N4O2. The molecule has 0 aliphatic rings. The lowest BCUT2D eigenvalue weighted by Crippen LogP contribution is -2.23. The smallest absolute Gasteiger partial charge is 0.226 e. The Balaban J connectivity index is 2.02. The Bertz CT molecular complexity index is 679. The van der Waals surface area contributed by atoms with E-state index in [0.29, 0.717) is 6.54 Å². The van der Waals surface area contributed by atoms with Crippen LogP contribution in [0.15, 0.2) is 24.3 Å². The van der Waals surface area contributed by atoms with Gasteiger partial charge in [-0.15, -0.1) is 0 Å². The number of benzene rings is 1. The van der Waals surface area contributed by atoms with E-state index in [9.17, 15) is 9.90 Å². The highest BCUT2D eigenvalue weighted by Crippen LogP contribution is 2.14. The zero-order valence-corrected chi connectivity index (χ0v) is 14.1. The molecule has 0 aliphatic heterocycles. The number of carbonyl (C=O) groups excluding carboxylic acids is 1. The molecule has 1 unspecified atom stereocenters. The molecule has 1 amide bonds. The summed E-state index contributed by atoms with van der Waals surface area (Å²) in [6.07, 6.45) is -0.525. The van der Waals surface area contributed by atoms with Crippen LogP contribution in [-0.2, 0) is 11.3 Å². The first-order valence-corrected chi connectivity index (χ1v) is 7.80. The van der Waals surface area contributed by atoms with Gasteiger partial charge < -0.3 is 10.4 Å². The molecule has 1 aromatic carbocycles. The second-order valence-electron chi connectivity index (χ2n) is 6.13. The number of nitrogens with one attached hydrogen (secondary N) is 1. The van der Waals surface area contributed by atoms with Crippen molar-refractivity contribution < 1.29 is 9.90 Å². The predicted octanol–water partition coefficient (Wildman–Crippen LogP) is 2.29. The van der Waals surface area contributed by atoms with Gasteiger partial charge in [-0.1, -0.05) is 26.0 Å². The molecular weight excluding hydrogens is 292 g/mol. The zero-order valence-electron chi connectivity index (χ0n) is 14.1. The average Bonchev–Trinajstić information content (AvgIpc) is 2.76. The van der Waals surface area contributed by atoms with Gasteiger partial charge >= 0.3 is 0 Å². The SMILES string of the molecule is Cc1nc(C)n(Cc2cccc(NC(=O)CC(O)C(C)C)c2)n1. The minimum absolute atomic E-state index is 0.0608. The number of rotatable bonds is 6. The van der Waals surface area contributed by atoms with Gasteiger partial charge in [0.05, 0.1) is 19.1 Å². The summed E-state index contributed by atoms with van der Waals surface area (Å²) in [5.74, 6) is 1.48. The van der Waals surface area contributed by atoms with E-state index in [1.54, 1.807) is 0 Å². The number of aryl methyl sites for hydroxylation is 2. The van der Waals surface area contributed by atoms with Crippen LogP contribution in [0.2, 0.25) is 0 Å². The van der Waals surface area contributed by atoms with Crippen LogP contribution in [0, 0.1) is 19.8 Å². The second kappa shape index (κ2) is 7.37. The van der Waals surface area contributed by atoms with Gasteiger partial charge in [0.15, 0.2) is 0 Å². The summed E-state index contributed by atoms with van der Waals surface area (Å²) in [7, 11) is 0. The Morgan fingerprint density at radius 3 is 2.70 bits per heavy atom. The fraction of sp³-hybridized carbons (Fsp3) is 0.471. The Labute approximate surface area is 136 Å². The number of anilines is 1. The molecule has 6 nitrogen and oxygen atoms in total. The van der Waals surface area contributed by atoms with E-state index >= 15 is 0 Å². The Hall–Kier alpha value is -2.21. The average molecular weight is 316 g/mol. The first kappa shape index (κ1) is 17.1. The molecule has 1 aromatic heterocycles. The Morgan fingerprint density at radius 2 is 2.09 bits per heavy atom. The van der Waals surface area contributed by atoms with Crippen LogP contribution in [0.5, 0.6) is 0 Å². The summed E-state index contributed by atoms with van der Waals surface area (Å²) in [6, 6.07) is 7.62. The molecule has 2 rings (SSSR count). The summed E-state index contributed by atoms with van der Waals surface area (Å²) in [5, 5.41) is 16.9. The van der Waals surface area contributed by atoms with Gasteiger partial charge in [-0.2, -0.15) is 5.10 Å². The van der Waals surface area contributed by atoms with Crippen LogP contribution < -0.4 is 5.32 Å². The third-order valence-corrected chi connectivity index (χ3v) is 3.67. The number of carbonyl (C=O) groups is 1. The first-order valence-electron chi connectivity index (χ1n) is 7.80. The van der Waals surface area contributed by atoms with Gasteiger partial charge in [-0.25, -0.2) is 9.67 Å². The summed E-state index contributed by atoms with van der Waals surface area (Å²) in [6.45, 7) is 8.16. The highest BCUT2D eigenvalue weighted by atomic mass is 16.3. The maximum absolute atomic E-state index is 12.0. The van der Waals surface area contributed by atoms with Crippen molar-refractivity contribution in [2.45, 2.75) is 46.8 Å². The van der Waals surface area contributed by atoms with E-state index in [2.05, 4.69) is 15.4 Å². The lowest BCUT2D eigenvalue weighted by atomic mass is 10.0. The summed E-state index contributed by atoms with van der Waals surface area (Å²) < 4.78 is 1.83. The molecule has 1 heterocycles. The van der Waals surface area contributed by atoms with Crippen LogP contribution in [0.3, 0.4) is 0 Å². The van der Waals surface area contributed by atoms with Gasteiger partial charge in [0.25, 0.3) is 0 Å². The van der Waals surface area contributed by atoms with Crippen molar-refractivity contribution in [1.29, 1.82) is 0 Å². The van der Waals surface area contributed by atoms with Gasteiger partial charge in [0.2, 0.25) is 5.91 Å². The minimum atomic E-state index is -0.626. The molecule has 0 saturated heterocycles. The normalized spacial score (nSPS) is 12.4. The zero-order chi connectivity index (χ0) is 17.0. The Morgan fingerprint density at radius 1 is 1.35 bits per heavy atom. The van der Waals surface area contributed by atoms with Crippen molar-refractivity contribution >= 4 is 11.6 Å². The van der Waals surface area contributed by atoms with Crippen LogP contribution in [0.25, 0.3) is 0 Å². The second-order valence-corrected chi connectivity index (χ2v) is 6.13. The third kappa shape index (κ3) is 4.89. The number of aliphatic hydroxyl groups is 1. The number of hydrogen-bond donors (Lipinski definition) is 2. The van der Waals surface area contributed by atoms with Gasteiger partial charge in [-0.3, -0.25) is 4.79 Å². The molecule has 0 aliphatic carbocycles. The van der Waals surface area contributed by atoms with E-state index in [0.717, 1.165) is 22.9 Å². The fourth-order valence-corrected chi connectivity index (χ4v) is 2.27. The molecule has 0 fully saturated rings. The van der Waals surface area contributed by atoms with Crippen molar-refractivity contribution in [3.8, 4) is 0 Å². The number of aromatic nitrogens is 3. The quantitative estimate of drug-likeness (QED) is 0.857. The van der Waals surface area contributed by atoms with Crippen LogP contribution >= 0.6 is 0 Å². The lowest BCUT2D eigenvalue weighted by Gasteiger charge is -2.14. The standard InChI is InChI=1S/C17H24N4O2/c1-11(2)16(22)9-17(23)19-15-7-5-6-14(8-15)10-21-13(4)18-12(3)20-21/h5-8,11,16,22H,9-10H2,1-4H3,(H,19,23). The molecule has 2 aromatic rings. The highest BCUT2D eigenvalue weighted by molar-refractivity contribution is 5.91. The summed E-state index contributed by atoms with van der Waals surface area (Å²) in [4.78, 5) is 16.2. The van der Waals surface area contributed by atoms with Crippen molar-refractivity contribution in [1.82, 2.24) is 14.8 Å². The lowest BCUT2D eigenvalue weighted by molar-refractivity contribution is -0.118. The number of hydrogen-bond acceptors (Lipinski definition) is 4. The molecule has 0 radical (unpaired) electrons. The van der Waals surface area contributed by atoms with Crippen molar-refractivity contribution in [3.05, 3.63) is 41.5 Å². The topological polar surface area (TPSA) is 80.0 Å². The summed E-state index contributed by atoms with van der Waals surface area (Å²) in [5.41, 5.74) is 1.75. The van der Waals surface area contributed by atoms with E-state index < -0.39 is 6.10 Å². The molecule has 6 heteroatoms. The van der Waals surface area contributed by atoms with Crippen molar-refractivity contribution in [2.24, 2.45) is 5.92 Å². The molecule has 0 saturated carbocycles. The number of amides is 1. The van der Waals surface area contributed by atoms with Gasteiger partial charge in [0.1, 0.15) is 11.6 Å². The molecule has 1 atom stereocenters. The van der Waals surface area contributed by atoms with Gasteiger partial charge in [0, 0.05) is 5.69 Å². The largest absolute Gasteiger partial charge is 0.392 e. The highest BCUT2D eigenvalue weighted by Gasteiger charge is 2.14. The third-order valence-electron chi connectivity index (χ3n) is 3.67. The van der Waals surface area contributed by atoms with Crippen molar-refractivity contribution in [3.63, 3.8) is 0 Å².